The normalized spacial score (nSPS) is 28.9. The third-order valence-electron chi connectivity index (χ3n) is 3.62. The average molecular weight is 281 g/mol. The van der Waals surface area contributed by atoms with Gasteiger partial charge in [-0.15, -0.1) is 0 Å². The van der Waals surface area contributed by atoms with Crippen molar-refractivity contribution in [2.75, 3.05) is 24.7 Å². The lowest BCUT2D eigenvalue weighted by atomic mass is 10.1. The van der Waals surface area contributed by atoms with E-state index in [0.29, 0.717) is 18.7 Å². The Labute approximate surface area is 112 Å². The van der Waals surface area contributed by atoms with Crippen LogP contribution in [0.25, 0.3) is 0 Å². The van der Waals surface area contributed by atoms with Crippen LogP contribution in [-0.4, -0.2) is 56.0 Å². The second-order valence-electron chi connectivity index (χ2n) is 4.92. The first-order valence-electron chi connectivity index (χ1n) is 6.25. The fourth-order valence-corrected chi connectivity index (χ4v) is 4.58. The first kappa shape index (κ1) is 12.6. The van der Waals surface area contributed by atoms with E-state index < -0.39 is 9.84 Å². The van der Waals surface area contributed by atoms with E-state index in [0.717, 1.165) is 0 Å². The number of hydrogen-bond acceptors (Lipinski definition) is 4. The van der Waals surface area contributed by atoms with Crippen molar-refractivity contribution in [2.24, 2.45) is 0 Å². The monoisotopic (exact) mass is 281 g/mol. The SMILES string of the molecule is O=C(c1ccccc1)N1CCOC2CS(=O)(=O)CC21. The first-order chi connectivity index (χ1) is 9.07. The van der Waals surface area contributed by atoms with Crippen LogP contribution in [0.3, 0.4) is 0 Å². The second kappa shape index (κ2) is 4.61. The summed E-state index contributed by atoms with van der Waals surface area (Å²) in [5.74, 6) is -0.0806. The number of benzene rings is 1. The summed E-state index contributed by atoms with van der Waals surface area (Å²) in [5.41, 5.74) is 0.590. The third kappa shape index (κ3) is 2.37. The molecule has 0 radical (unpaired) electrons. The van der Waals surface area contributed by atoms with E-state index in [9.17, 15) is 13.2 Å². The highest BCUT2D eigenvalue weighted by Crippen LogP contribution is 2.25. The van der Waals surface area contributed by atoms with Gasteiger partial charge in [0.2, 0.25) is 0 Å². The van der Waals surface area contributed by atoms with Crippen molar-refractivity contribution in [3.63, 3.8) is 0 Å². The lowest BCUT2D eigenvalue weighted by Gasteiger charge is -2.36. The zero-order valence-electron chi connectivity index (χ0n) is 10.4. The Bertz CT molecular complexity index is 584. The molecule has 0 saturated carbocycles. The Balaban J connectivity index is 1.87. The Morgan fingerprint density at radius 1 is 1.21 bits per heavy atom. The highest BCUT2D eigenvalue weighted by atomic mass is 32.2. The predicted octanol–water partition coefficient (Wildman–Crippen LogP) is 0.325. The van der Waals surface area contributed by atoms with Gasteiger partial charge >= 0.3 is 0 Å². The van der Waals surface area contributed by atoms with Crippen LogP contribution in [0.5, 0.6) is 0 Å². The summed E-state index contributed by atoms with van der Waals surface area (Å²) in [7, 11) is -3.10. The summed E-state index contributed by atoms with van der Waals surface area (Å²) < 4.78 is 28.8. The average Bonchev–Trinajstić information content (AvgIpc) is 2.72. The number of sulfone groups is 1. The van der Waals surface area contributed by atoms with Crippen LogP contribution in [0.4, 0.5) is 0 Å². The molecule has 2 saturated heterocycles. The highest BCUT2D eigenvalue weighted by molar-refractivity contribution is 7.91. The van der Waals surface area contributed by atoms with Gasteiger partial charge in [0.25, 0.3) is 5.91 Å². The summed E-state index contributed by atoms with van der Waals surface area (Å²) in [5, 5.41) is 0. The van der Waals surface area contributed by atoms with Crippen molar-refractivity contribution in [3.05, 3.63) is 35.9 Å². The van der Waals surface area contributed by atoms with Gasteiger partial charge in [0.05, 0.1) is 30.3 Å². The molecule has 0 N–H and O–H groups in total. The Morgan fingerprint density at radius 2 is 1.95 bits per heavy atom. The van der Waals surface area contributed by atoms with Crippen LogP contribution in [0.1, 0.15) is 10.4 Å². The number of nitrogens with zero attached hydrogens (tertiary/aromatic N) is 1. The van der Waals surface area contributed by atoms with Crippen molar-refractivity contribution >= 4 is 15.7 Å². The summed E-state index contributed by atoms with van der Waals surface area (Å²) in [6, 6.07) is 8.60. The Morgan fingerprint density at radius 3 is 2.68 bits per heavy atom. The molecule has 2 fully saturated rings. The van der Waals surface area contributed by atoms with Gasteiger partial charge in [0.15, 0.2) is 9.84 Å². The van der Waals surface area contributed by atoms with Gasteiger partial charge in [-0.1, -0.05) is 18.2 Å². The molecule has 0 aliphatic carbocycles. The minimum absolute atomic E-state index is 0.0102. The molecular formula is C13H15NO4S. The van der Waals surface area contributed by atoms with Gasteiger partial charge in [-0.05, 0) is 12.1 Å². The van der Waals surface area contributed by atoms with Crippen LogP contribution in [0.15, 0.2) is 30.3 Å². The molecule has 3 rings (SSSR count). The minimum atomic E-state index is -3.10. The largest absolute Gasteiger partial charge is 0.373 e. The Kier molecular flexibility index (Phi) is 3.06. The molecule has 2 heterocycles. The second-order valence-corrected chi connectivity index (χ2v) is 7.07. The van der Waals surface area contributed by atoms with Gasteiger partial charge in [-0.3, -0.25) is 4.79 Å². The van der Waals surface area contributed by atoms with Crippen LogP contribution in [-0.2, 0) is 14.6 Å². The number of carbonyl (C=O) groups is 1. The van der Waals surface area contributed by atoms with Gasteiger partial charge in [0, 0.05) is 12.1 Å². The fraction of sp³-hybridized carbons (Fsp3) is 0.462. The third-order valence-corrected chi connectivity index (χ3v) is 5.30. The minimum Gasteiger partial charge on any atom is -0.373 e. The quantitative estimate of drug-likeness (QED) is 0.744. The molecule has 2 aliphatic rings. The number of carbonyl (C=O) groups excluding carboxylic acids is 1. The molecule has 0 spiro atoms. The standard InChI is InChI=1S/C13H15NO4S/c15-13(10-4-2-1-3-5-10)14-6-7-18-12-9-19(16,17)8-11(12)14/h1-5,11-12H,6-9H2. The molecule has 0 aromatic heterocycles. The van der Waals surface area contributed by atoms with Gasteiger partial charge < -0.3 is 9.64 Å². The molecule has 6 heteroatoms. The zero-order valence-corrected chi connectivity index (χ0v) is 11.2. The van der Waals surface area contributed by atoms with Crippen LogP contribution >= 0.6 is 0 Å². The van der Waals surface area contributed by atoms with Crippen molar-refractivity contribution in [2.45, 2.75) is 12.1 Å². The van der Waals surface area contributed by atoms with Gasteiger partial charge in [-0.25, -0.2) is 8.42 Å². The number of rotatable bonds is 1. The van der Waals surface area contributed by atoms with E-state index in [-0.39, 0.29) is 29.6 Å². The first-order valence-corrected chi connectivity index (χ1v) is 8.07. The number of amides is 1. The summed E-state index contributed by atoms with van der Waals surface area (Å²) in [4.78, 5) is 14.1. The maximum absolute atomic E-state index is 12.4. The van der Waals surface area contributed by atoms with Crippen molar-refractivity contribution < 1.29 is 17.9 Å². The van der Waals surface area contributed by atoms with E-state index in [2.05, 4.69) is 0 Å². The van der Waals surface area contributed by atoms with E-state index in [4.69, 9.17) is 4.74 Å². The molecule has 1 aromatic carbocycles. The Hall–Kier alpha value is -1.40. The maximum Gasteiger partial charge on any atom is 0.254 e. The maximum atomic E-state index is 12.4. The zero-order chi connectivity index (χ0) is 13.5. The summed E-state index contributed by atoms with van der Waals surface area (Å²) in [6.07, 6.45) is -0.369. The van der Waals surface area contributed by atoms with Crippen molar-refractivity contribution in [1.82, 2.24) is 4.90 Å². The van der Waals surface area contributed by atoms with E-state index in [1.54, 1.807) is 29.2 Å². The van der Waals surface area contributed by atoms with Gasteiger partial charge in [0.1, 0.15) is 0 Å². The van der Waals surface area contributed by atoms with Crippen molar-refractivity contribution in [1.29, 1.82) is 0 Å². The van der Waals surface area contributed by atoms with E-state index in [1.807, 2.05) is 6.07 Å². The molecule has 19 heavy (non-hydrogen) atoms. The lowest BCUT2D eigenvalue weighted by Crippen LogP contribution is -2.53. The summed E-state index contributed by atoms with van der Waals surface area (Å²) in [6.45, 7) is 0.847. The van der Waals surface area contributed by atoms with Gasteiger partial charge in [-0.2, -0.15) is 0 Å². The molecular weight excluding hydrogens is 266 g/mol. The fourth-order valence-electron chi connectivity index (χ4n) is 2.71. The van der Waals surface area contributed by atoms with Crippen LogP contribution in [0.2, 0.25) is 0 Å². The highest BCUT2D eigenvalue weighted by Gasteiger charge is 2.45. The predicted molar refractivity (Wildman–Crippen MR) is 69.7 cm³/mol. The number of fused-ring (bicyclic) bond motifs is 1. The number of ether oxygens (including phenoxy) is 1. The molecule has 2 unspecified atom stereocenters. The van der Waals surface area contributed by atoms with Crippen molar-refractivity contribution in [3.8, 4) is 0 Å². The molecule has 1 aromatic rings. The van der Waals surface area contributed by atoms with Crippen LogP contribution < -0.4 is 0 Å². The number of morpholine rings is 1. The lowest BCUT2D eigenvalue weighted by molar-refractivity contribution is -0.0361. The van der Waals surface area contributed by atoms with E-state index >= 15 is 0 Å². The van der Waals surface area contributed by atoms with Crippen LogP contribution in [0, 0.1) is 0 Å². The van der Waals surface area contributed by atoms with E-state index in [1.165, 1.54) is 0 Å². The molecule has 0 bridgehead atoms. The number of hydrogen-bond donors (Lipinski definition) is 0. The molecule has 2 aliphatic heterocycles. The smallest absolute Gasteiger partial charge is 0.254 e. The molecule has 1 amide bonds. The topological polar surface area (TPSA) is 63.7 Å². The summed E-state index contributed by atoms with van der Waals surface area (Å²) >= 11 is 0. The molecule has 2 atom stereocenters. The molecule has 5 nitrogen and oxygen atoms in total. The molecule has 102 valence electrons.